The minimum absolute atomic E-state index is 0.0902. The fraction of sp³-hybridized carbons (Fsp3) is 0.222. The van der Waals surface area contributed by atoms with Gasteiger partial charge in [-0.2, -0.15) is 0 Å². The van der Waals surface area contributed by atoms with Gasteiger partial charge in [0, 0.05) is 36.8 Å². The molecule has 0 aliphatic carbocycles. The Morgan fingerprint density at radius 3 is 2.88 bits per heavy atom. The molecule has 0 spiro atoms. The summed E-state index contributed by atoms with van der Waals surface area (Å²) in [6.07, 6.45) is 3.98. The van der Waals surface area contributed by atoms with Crippen LogP contribution in [0.3, 0.4) is 0 Å². The normalized spacial score (nSPS) is 10.6. The Morgan fingerprint density at radius 1 is 1.28 bits per heavy atom. The predicted octanol–water partition coefficient (Wildman–Crippen LogP) is 2.98. The molecule has 0 atom stereocenters. The lowest BCUT2D eigenvalue weighted by Crippen LogP contribution is -2.03. The van der Waals surface area contributed by atoms with Crippen LogP contribution in [0.25, 0.3) is 22.3 Å². The highest BCUT2D eigenvalue weighted by Gasteiger charge is 2.10. The maximum atomic E-state index is 10.5. The lowest BCUT2D eigenvalue weighted by Gasteiger charge is -2.10. The number of carbonyl (C=O) groups is 1. The summed E-state index contributed by atoms with van der Waals surface area (Å²) >= 11 is 0. The zero-order valence-electron chi connectivity index (χ0n) is 13.8. The molecule has 7 nitrogen and oxygen atoms in total. The van der Waals surface area contributed by atoms with Gasteiger partial charge in [-0.3, -0.25) is 9.78 Å². The van der Waals surface area contributed by atoms with Gasteiger partial charge in [0.25, 0.3) is 0 Å². The lowest BCUT2D eigenvalue weighted by atomic mass is 10.2. The zero-order chi connectivity index (χ0) is 17.6. The van der Waals surface area contributed by atoms with Gasteiger partial charge in [0.05, 0.1) is 12.1 Å². The summed E-state index contributed by atoms with van der Waals surface area (Å²) in [7, 11) is 1.80. The summed E-state index contributed by atoms with van der Waals surface area (Å²) in [6, 6.07) is 9.30. The highest BCUT2D eigenvalue weighted by molar-refractivity contribution is 5.91. The van der Waals surface area contributed by atoms with E-state index in [4.69, 9.17) is 9.84 Å². The zero-order valence-corrected chi connectivity index (χ0v) is 13.8. The van der Waals surface area contributed by atoms with Crippen molar-refractivity contribution in [2.24, 2.45) is 0 Å². The van der Waals surface area contributed by atoms with Crippen LogP contribution in [0, 0.1) is 0 Å². The summed E-state index contributed by atoms with van der Waals surface area (Å²) in [5, 5.41) is 12.6. The van der Waals surface area contributed by atoms with Crippen molar-refractivity contribution < 1.29 is 14.6 Å². The van der Waals surface area contributed by atoms with Crippen molar-refractivity contribution in [1.82, 2.24) is 15.0 Å². The van der Waals surface area contributed by atoms with Gasteiger partial charge in [0.15, 0.2) is 5.82 Å². The molecule has 3 aromatic rings. The number of pyridine rings is 1. The van der Waals surface area contributed by atoms with Crippen LogP contribution in [0.15, 0.2) is 42.7 Å². The van der Waals surface area contributed by atoms with E-state index < -0.39 is 5.97 Å². The number of hydrogen-bond donors (Lipinski definition) is 2. The van der Waals surface area contributed by atoms with E-state index in [0.717, 1.165) is 16.5 Å². The number of fused-ring (bicyclic) bond motifs is 1. The van der Waals surface area contributed by atoms with Crippen LogP contribution in [0.5, 0.6) is 5.75 Å². The van der Waals surface area contributed by atoms with E-state index in [1.807, 2.05) is 30.3 Å². The first kappa shape index (κ1) is 16.6. The molecule has 2 N–H and O–H groups in total. The van der Waals surface area contributed by atoms with E-state index in [1.165, 1.54) is 0 Å². The Kier molecular flexibility index (Phi) is 5.03. The molecule has 1 aromatic carbocycles. The monoisotopic (exact) mass is 338 g/mol. The summed E-state index contributed by atoms with van der Waals surface area (Å²) in [5.74, 6) is 1.13. The predicted molar refractivity (Wildman–Crippen MR) is 94.7 cm³/mol. The van der Waals surface area contributed by atoms with Crippen LogP contribution in [-0.2, 0) is 4.79 Å². The number of carboxylic acid groups (broad SMARTS) is 1. The summed E-state index contributed by atoms with van der Waals surface area (Å²) in [6.45, 7) is 0.349. The van der Waals surface area contributed by atoms with Gasteiger partial charge in [-0.1, -0.05) is 0 Å². The Morgan fingerprint density at radius 2 is 2.16 bits per heavy atom. The average Bonchev–Trinajstić information content (AvgIpc) is 2.65. The number of rotatable bonds is 7. The summed E-state index contributed by atoms with van der Waals surface area (Å²) in [4.78, 5) is 23.8. The maximum absolute atomic E-state index is 10.5. The minimum atomic E-state index is -0.823. The number of benzene rings is 1. The Bertz CT molecular complexity index is 884. The number of ether oxygens (including phenoxy) is 1. The van der Waals surface area contributed by atoms with Crippen molar-refractivity contribution >= 4 is 22.7 Å². The van der Waals surface area contributed by atoms with Crippen molar-refractivity contribution in [2.45, 2.75) is 12.8 Å². The number of aromatic nitrogens is 3. The Balaban J connectivity index is 1.88. The van der Waals surface area contributed by atoms with E-state index in [9.17, 15) is 4.79 Å². The molecule has 0 fully saturated rings. The number of hydrogen-bond acceptors (Lipinski definition) is 6. The highest BCUT2D eigenvalue weighted by Crippen LogP contribution is 2.27. The largest absolute Gasteiger partial charge is 0.494 e. The first-order chi connectivity index (χ1) is 12.2. The molecule has 0 bridgehead atoms. The second-order valence-corrected chi connectivity index (χ2v) is 5.41. The van der Waals surface area contributed by atoms with Crippen LogP contribution in [0.2, 0.25) is 0 Å². The number of anilines is 1. The van der Waals surface area contributed by atoms with Gasteiger partial charge in [-0.15, -0.1) is 0 Å². The third-order valence-electron chi connectivity index (χ3n) is 3.63. The Hall–Kier alpha value is -3.22. The van der Waals surface area contributed by atoms with Crippen LogP contribution in [0.1, 0.15) is 12.8 Å². The van der Waals surface area contributed by atoms with Gasteiger partial charge in [-0.05, 0) is 36.8 Å². The molecule has 0 aliphatic heterocycles. The van der Waals surface area contributed by atoms with Crippen molar-refractivity contribution in [2.75, 3.05) is 19.0 Å². The molecular weight excluding hydrogens is 320 g/mol. The fourth-order valence-corrected chi connectivity index (χ4v) is 2.43. The number of aliphatic carboxylic acids is 1. The van der Waals surface area contributed by atoms with Gasteiger partial charge >= 0.3 is 5.97 Å². The number of nitrogens with one attached hydrogen (secondary N) is 1. The van der Waals surface area contributed by atoms with E-state index in [0.29, 0.717) is 30.4 Å². The SMILES string of the molecule is CNc1nc(-c2cccnc2)nc2ccc(OCCCC(=O)O)cc12. The van der Waals surface area contributed by atoms with Crippen molar-refractivity contribution in [3.63, 3.8) is 0 Å². The first-order valence-electron chi connectivity index (χ1n) is 7.92. The van der Waals surface area contributed by atoms with Crippen molar-refractivity contribution in [3.05, 3.63) is 42.7 Å². The van der Waals surface area contributed by atoms with Crippen LogP contribution >= 0.6 is 0 Å². The first-order valence-corrected chi connectivity index (χ1v) is 7.92. The molecule has 0 aliphatic rings. The summed E-state index contributed by atoms with van der Waals surface area (Å²) in [5.41, 5.74) is 1.63. The van der Waals surface area contributed by atoms with Crippen LogP contribution < -0.4 is 10.1 Å². The third kappa shape index (κ3) is 4.00. The second-order valence-electron chi connectivity index (χ2n) is 5.41. The van der Waals surface area contributed by atoms with Crippen molar-refractivity contribution in [1.29, 1.82) is 0 Å². The fourth-order valence-electron chi connectivity index (χ4n) is 2.43. The third-order valence-corrected chi connectivity index (χ3v) is 3.63. The lowest BCUT2D eigenvalue weighted by molar-refractivity contribution is -0.137. The molecule has 128 valence electrons. The molecule has 0 radical (unpaired) electrons. The molecule has 0 amide bonds. The molecule has 2 aromatic heterocycles. The topological polar surface area (TPSA) is 97.2 Å². The highest BCUT2D eigenvalue weighted by atomic mass is 16.5. The molecule has 2 heterocycles. The molecule has 3 rings (SSSR count). The molecule has 0 unspecified atom stereocenters. The molecule has 0 saturated carbocycles. The molecular formula is C18H18N4O3. The van der Waals surface area contributed by atoms with Gasteiger partial charge < -0.3 is 15.2 Å². The number of carboxylic acids is 1. The smallest absolute Gasteiger partial charge is 0.303 e. The van der Waals surface area contributed by atoms with Gasteiger partial charge in [0.2, 0.25) is 0 Å². The van der Waals surface area contributed by atoms with E-state index in [-0.39, 0.29) is 6.42 Å². The Labute approximate surface area is 144 Å². The van der Waals surface area contributed by atoms with Crippen LogP contribution in [-0.4, -0.2) is 39.7 Å². The quantitative estimate of drug-likeness (QED) is 0.639. The van der Waals surface area contributed by atoms with E-state index >= 15 is 0 Å². The summed E-state index contributed by atoms with van der Waals surface area (Å²) < 4.78 is 5.62. The van der Waals surface area contributed by atoms with Crippen LogP contribution in [0.4, 0.5) is 5.82 Å². The second kappa shape index (κ2) is 7.57. The van der Waals surface area contributed by atoms with E-state index in [2.05, 4.69) is 20.3 Å². The molecule has 0 saturated heterocycles. The van der Waals surface area contributed by atoms with Gasteiger partial charge in [0.1, 0.15) is 11.6 Å². The molecule has 25 heavy (non-hydrogen) atoms. The molecule has 7 heteroatoms. The number of nitrogens with zero attached hydrogens (tertiary/aromatic N) is 3. The maximum Gasteiger partial charge on any atom is 0.303 e. The standard InChI is InChI=1S/C18H18N4O3/c1-19-18-14-10-13(25-9-3-5-16(23)24)6-7-15(14)21-17(22-18)12-4-2-8-20-11-12/h2,4,6-8,10-11H,3,5,9H2,1H3,(H,23,24)(H,19,21,22). The minimum Gasteiger partial charge on any atom is -0.494 e. The average molecular weight is 338 g/mol. The van der Waals surface area contributed by atoms with Gasteiger partial charge in [-0.25, -0.2) is 9.97 Å². The van der Waals surface area contributed by atoms with E-state index in [1.54, 1.807) is 19.4 Å². The van der Waals surface area contributed by atoms with Crippen molar-refractivity contribution in [3.8, 4) is 17.1 Å².